The van der Waals surface area contributed by atoms with Crippen LogP contribution in [0.25, 0.3) is 0 Å². The van der Waals surface area contributed by atoms with Crippen LogP contribution in [-0.4, -0.2) is 41.9 Å². The minimum absolute atomic E-state index is 0.116. The summed E-state index contributed by atoms with van der Waals surface area (Å²) in [6, 6.07) is 0.580. The van der Waals surface area contributed by atoms with Gasteiger partial charge in [-0.15, -0.1) is 0 Å². The van der Waals surface area contributed by atoms with Gasteiger partial charge in [-0.05, 0) is 12.8 Å². The fourth-order valence-corrected chi connectivity index (χ4v) is 1.68. The van der Waals surface area contributed by atoms with Gasteiger partial charge in [0.1, 0.15) is 11.8 Å². The van der Waals surface area contributed by atoms with E-state index in [-0.39, 0.29) is 18.7 Å². The number of carbonyl (C=O) groups excluding carboxylic acids is 1. The topological polar surface area (TPSA) is 102 Å². The molecular formula is C12H16N2O5. The van der Waals surface area contributed by atoms with E-state index in [2.05, 4.69) is 10.5 Å². The lowest BCUT2D eigenvalue weighted by Gasteiger charge is -2.12. The number of ether oxygens (including phenoxy) is 1. The van der Waals surface area contributed by atoms with Crippen molar-refractivity contribution in [2.45, 2.75) is 31.2 Å². The van der Waals surface area contributed by atoms with E-state index in [9.17, 15) is 9.59 Å². The quantitative estimate of drug-likeness (QED) is 0.757. The molecule has 1 atom stereocenters. The van der Waals surface area contributed by atoms with Crippen LogP contribution in [0.3, 0.4) is 0 Å². The lowest BCUT2D eigenvalue weighted by Crippen LogP contribution is -2.41. The van der Waals surface area contributed by atoms with Gasteiger partial charge in [0.25, 0.3) is 5.91 Å². The van der Waals surface area contributed by atoms with Gasteiger partial charge in [-0.3, -0.25) is 4.79 Å². The Bertz CT molecular complexity index is 466. The molecule has 0 bridgehead atoms. The van der Waals surface area contributed by atoms with Gasteiger partial charge in [0.15, 0.2) is 5.69 Å². The van der Waals surface area contributed by atoms with E-state index in [0.29, 0.717) is 11.7 Å². The SMILES string of the molecule is COCCC(NC(=O)c1cc(C2CC2)on1)C(=O)O. The highest BCUT2D eigenvalue weighted by atomic mass is 16.5. The Morgan fingerprint density at radius 1 is 1.63 bits per heavy atom. The molecule has 7 nitrogen and oxygen atoms in total. The number of carboxylic acid groups (broad SMARTS) is 1. The molecule has 1 aromatic rings. The Kier molecular flexibility index (Phi) is 4.16. The Balaban J connectivity index is 1.94. The molecule has 1 aliphatic carbocycles. The van der Waals surface area contributed by atoms with Crippen molar-refractivity contribution in [3.63, 3.8) is 0 Å². The number of aromatic nitrogens is 1. The zero-order valence-corrected chi connectivity index (χ0v) is 10.6. The van der Waals surface area contributed by atoms with Gasteiger partial charge < -0.3 is 19.7 Å². The number of hydrogen-bond acceptors (Lipinski definition) is 5. The van der Waals surface area contributed by atoms with E-state index in [1.54, 1.807) is 6.07 Å². The van der Waals surface area contributed by atoms with E-state index in [1.165, 1.54) is 7.11 Å². The van der Waals surface area contributed by atoms with Gasteiger partial charge >= 0.3 is 5.97 Å². The summed E-state index contributed by atoms with van der Waals surface area (Å²) in [6.07, 6.45) is 2.29. The number of carboxylic acids is 1. The zero-order valence-electron chi connectivity index (χ0n) is 10.6. The molecule has 7 heteroatoms. The number of hydrogen-bond donors (Lipinski definition) is 2. The van der Waals surface area contributed by atoms with Crippen LogP contribution in [0.1, 0.15) is 41.4 Å². The van der Waals surface area contributed by atoms with Crippen LogP contribution in [0.5, 0.6) is 0 Å². The second-order valence-electron chi connectivity index (χ2n) is 4.53. The molecule has 0 radical (unpaired) electrons. The van der Waals surface area contributed by atoms with Gasteiger partial charge in [0.2, 0.25) is 0 Å². The van der Waals surface area contributed by atoms with E-state index in [1.807, 2.05) is 0 Å². The summed E-state index contributed by atoms with van der Waals surface area (Å²) in [5, 5.41) is 15.0. The normalized spacial score (nSPS) is 16.1. The maximum Gasteiger partial charge on any atom is 0.326 e. The van der Waals surface area contributed by atoms with Crippen LogP contribution in [0.2, 0.25) is 0 Å². The molecule has 1 aliphatic rings. The van der Waals surface area contributed by atoms with Crippen molar-refractivity contribution < 1.29 is 24.0 Å². The summed E-state index contributed by atoms with van der Waals surface area (Å²) < 4.78 is 9.85. The smallest absolute Gasteiger partial charge is 0.326 e. The Morgan fingerprint density at radius 2 is 2.37 bits per heavy atom. The molecule has 0 saturated heterocycles. The lowest BCUT2D eigenvalue weighted by molar-refractivity contribution is -0.139. The Labute approximate surface area is 109 Å². The highest BCUT2D eigenvalue weighted by Crippen LogP contribution is 2.40. The average molecular weight is 268 g/mol. The zero-order chi connectivity index (χ0) is 13.8. The summed E-state index contributed by atoms with van der Waals surface area (Å²) >= 11 is 0. The summed E-state index contributed by atoms with van der Waals surface area (Å²) in [6.45, 7) is 0.253. The number of methoxy groups -OCH3 is 1. The molecule has 0 spiro atoms. The maximum atomic E-state index is 11.8. The van der Waals surface area contributed by atoms with Crippen LogP contribution in [-0.2, 0) is 9.53 Å². The van der Waals surface area contributed by atoms with Crippen LogP contribution in [0, 0.1) is 0 Å². The predicted molar refractivity (Wildman–Crippen MR) is 63.9 cm³/mol. The first-order chi connectivity index (χ1) is 9.11. The number of carbonyl (C=O) groups is 2. The van der Waals surface area contributed by atoms with E-state index < -0.39 is 17.9 Å². The summed E-state index contributed by atoms with van der Waals surface area (Å²) in [5.41, 5.74) is 0.116. The van der Waals surface area contributed by atoms with Gasteiger partial charge in [0, 0.05) is 32.1 Å². The maximum absolute atomic E-state index is 11.8. The van der Waals surface area contributed by atoms with Crippen molar-refractivity contribution in [1.82, 2.24) is 10.5 Å². The van der Waals surface area contributed by atoms with Crippen molar-refractivity contribution in [2.75, 3.05) is 13.7 Å². The third kappa shape index (κ3) is 3.54. The van der Waals surface area contributed by atoms with Gasteiger partial charge in [0.05, 0.1) is 0 Å². The fraction of sp³-hybridized carbons (Fsp3) is 0.583. The standard InChI is InChI=1S/C12H16N2O5/c1-18-5-4-8(12(16)17)13-11(15)9-6-10(19-14-9)7-2-3-7/h6-8H,2-5H2,1H3,(H,13,15)(H,16,17). The highest BCUT2D eigenvalue weighted by molar-refractivity contribution is 5.94. The van der Waals surface area contributed by atoms with Crippen molar-refractivity contribution in [3.05, 3.63) is 17.5 Å². The minimum Gasteiger partial charge on any atom is -0.480 e. The summed E-state index contributed by atoms with van der Waals surface area (Å²) in [4.78, 5) is 22.8. The largest absolute Gasteiger partial charge is 0.480 e. The molecule has 1 amide bonds. The lowest BCUT2D eigenvalue weighted by atomic mass is 10.2. The molecule has 1 unspecified atom stereocenters. The van der Waals surface area contributed by atoms with Gasteiger partial charge in [-0.1, -0.05) is 5.16 Å². The summed E-state index contributed by atoms with van der Waals surface area (Å²) in [7, 11) is 1.47. The monoisotopic (exact) mass is 268 g/mol. The minimum atomic E-state index is -1.10. The van der Waals surface area contributed by atoms with Gasteiger partial charge in [-0.2, -0.15) is 0 Å². The third-order valence-corrected chi connectivity index (χ3v) is 2.95. The van der Waals surface area contributed by atoms with Crippen LogP contribution >= 0.6 is 0 Å². The molecule has 2 rings (SSSR count). The van der Waals surface area contributed by atoms with Crippen LogP contribution < -0.4 is 5.32 Å². The van der Waals surface area contributed by atoms with Crippen LogP contribution in [0.15, 0.2) is 10.6 Å². The predicted octanol–water partition coefficient (Wildman–Crippen LogP) is 0.772. The molecular weight excluding hydrogens is 252 g/mol. The molecule has 0 aliphatic heterocycles. The van der Waals surface area contributed by atoms with E-state index >= 15 is 0 Å². The Hall–Kier alpha value is -1.89. The number of amides is 1. The Morgan fingerprint density at radius 3 is 2.95 bits per heavy atom. The molecule has 2 N–H and O–H groups in total. The molecule has 0 aromatic carbocycles. The second-order valence-corrected chi connectivity index (χ2v) is 4.53. The molecule has 1 heterocycles. The van der Waals surface area contributed by atoms with Crippen LogP contribution in [0.4, 0.5) is 0 Å². The first-order valence-electron chi connectivity index (χ1n) is 6.11. The molecule has 1 aromatic heterocycles. The second kappa shape index (κ2) is 5.83. The fourth-order valence-electron chi connectivity index (χ4n) is 1.68. The van der Waals surface area contributed by atoms with Crippen molar-refractivity contribution in [2.24, 2.45) is 0 Å². The number of rotatable bonds is 7. The summed E-state index contributed by atoms with van der Waals surface area (Å²) in [5.74, 6) is -0.595. The third-order valence-electron chi connectivity index (χ3n) is 2.95. The average Bonchev–Trinajstić information content (AvgIpc) is 3.11. The van der Waals surface area contributed by atoms with Gasteiger partial charge in [-0.25, -0.2) is 4.79 Å². The highest BCUT2D eigenvalue weighted by Gasteiger charge is 2.29. The molecule has 1 fully saturated rings. The number of aliphatic carboxylic acids is 1. The van der Waals surface area contributed by atoms with E-state index in [4.69, 9.17) is 14.4 Å². The van der Waals surface area contributed by atoms with Crippen molar-refractivity contribution in [1.29, 1.82) is 0 Å². The van der Waals surface area contributed by atoms with Crippen molar-refractivity contribution >= 4 is 11.9 Å². The first-order valence-corrected chi connectivity index (χ1v) is 6.11. The van der Waals surface area contributed by atoms with Crippen molar-refractivity contribution in [3.8, 4) is 0 Å². The first kappa shape index (κ1) is 13.5. The molecule has 104 valence electrons. The molecule has 1 saturated carbocycles. The number of nitrogens with one attached hydrogen (secondary N) is 1. The number of nitrogens with zero attached hydrogens (tertiary/aromatic N) is 1. The van der Waals surface area contributed by atoms with E-state index in [0.717, 1.165) is 12.8 Å². The molecule has 19 heavy (non-hydrogen) atoms.